The van der Waals surface area contributed by atoms with Crippen molar-refractivity contribution >= 4 is 13.3 Å². The van der Waals surface area contributed by atoms with Crippen molar-refractivity contribution in [3.63, 3.8) is 0 Å². The Morgan fingerprint density at radius 1 is 1.38 bits per heavy atom. The van der Waals surface area contributed by atoms with Crippen LogP contribution < -0.4 is 5.46 Å². The summed E-state index contributed by atoms with van der Waals surface area (Å²) in [7, 11) is 1.96. The minimum absolute atomic E-state index is 0.0951. The van der Waals surface area contributed by atoms with Gasteiger partial charge in [-0.2, -0.15) is 0 Å². The lowest BCUT2D eigenvalue weighted by atomic mass is 9.87. The van der Waals surface area contributed by atoms with Crippen LogP contribution in [0.3, 0.4) is 0 Å². The van der Waals surface area contributed by atoms with Gasteiger partial charge < -0.3 is 9.47 Å². The first-order chi connectivity index (χ1) is 7.69. The van der Waals surface area contributed by atoms with Gasteiger partial charge in [0.05, 0.1) is 6.10 Å². The molecule has 88 valence electrons. The fourth-order valence-electron chi connectivity index (χ4n) is 1.60. The third-order valence-electron chi connectivity index (χ3n) is 2.52. The predicted octanol–water partition coefficient (Wildman–Crippen LogP) is 1.55. The molecule has 0 fully saturated rings. The molecule has 0 radical (unpaired) electrons. The van der Waals surface area contributed by atoms with Crippen molar-refractivity contribution in [2.24, 2.45) is 0 Å². The smallest absolute Gasteiger partial charge is 0.147 e. The molecule has 1 aromatic carbocycles. The van der Waals surface area contributed by atoms with Crippen molar-refractivity contribution in [3.8, 4) is 0 Å². The highest BCUT2D eigenvalue weighted by Gasteiger charge is 2.12. The fourth-order valence-corrected chi connectivity index (χ4v) is 1.60. The second-order valence-electron chi connectivity index (χ2n) is 3.68. The zero-order valence-electron chi connectivity index (χ0n) is 10.1. The molecule has 0 heterocycles. The molecule has 0 aliphatic rings. The summed E-state index contributed by atoms with van der Waals surface area (Å²) >= 11 is 0. The Kier molecular flexibility index (Phi) is 5.50. The molecule has 1 rings (SSSR count). The number of halogens is 1. The van der Waals surface area contributed by atoms with Crippen LogP contribution in [-0.2, 0) is 9.47 Å². The largest absolute Gasteiger partial charge is 0.356 e. The van der Waals surface area contributed by atoms with Crippen molar-refractivity contribution in [1.29, 1.82) is 0 Å². The van der Waals surface area contributed by atoms with Crippen LogP contribution >= 0.6 is 0 Å². The summed E-state index contributed by atoms with van der Waals surface area (Å²) in [6, 6.07) is 4.78. The molecular formula is C12H18BFO2. The highest BCUT2D eigenvalue weighted by molar-refractivity contribution is 6.33. The normalized spacial score (nSPS) is 12.7. The highest BCUT2D eigenvalue weighted by Crippen LogP contribution is 2.19. The molecule has 1 atom stereocenters. The first kappa shape index (κ1) is 13.2. The van der Waals surface area contributed by atoms with Gasteiger partial charge >= 0.3 is 0 Å². The molecule has 0 aliphatic heterocycles. The molecule has 0 bridgehead atoms. The molecule has 0 saturated carbocycles. The SMILES string of the molecule is Bc1ccc(F)cc1[C@@H](CC)OCOCC. The van der Waals surface area contributed by atoms with E-state index in [9.17, 15) is 4.39 Å². The lowest BCUT2D eigenvalue weighted by Gasteiger charge is -2.18. The van der Waals surface area contributed by atoms with E-state index in [0.29, 0.717) is 6.61 Å². The van der Waals surface area contributed by atoms with Crippen LogP contribution in [0.2, 0.25) is 0 Å². The second kappa shape index (κ2) is 6.66. The molecule has 1 aromatic rings. The van der Waals surface area contributed by atoms with Crippen molar-refractivity contribution in [1.82, 2.24) is 0 Å². The van der Waals surface area contributed by atoms with E-state index in [1.807, 2.05) is 21.7 Å². The van der Waals surface area contributed by atoms with Crippen molar-refractivity contribution in [2.75, 3.05) is 13.4 Å². The Balaban J connectivity index is 2.73. The molecule has 0 N–H and O–H groups in total. The van der Waals surface area contributed by atoms with Gasteiger partial charge in [0, 0.05) is 6.61 Å². The van der Waals surface area contributed by atoms with Gasteiger partial charge in [-0.3, -0.25) is 0 Å². The summed E-state index contributed by atoms with van der Waals surface area (Å²) in [5.74, 6) is -0.223. The molecule has 16 heavy (non-hydrogen) atoms. The van der Waals surface area contributed by atoms with E-state index in [4.69, 9.17) is 9.47 Å². The lowest BCUT2D eigenvalue weighted by molar-refractivity contribution is -0.0884. The van der Waals surface area contributed by atoms with Crippen molar-refractivity contribution in [2.45, 2.75) is 26.4 Å². The van der Waals surface area contributed by atoms with E-state index in [1.54, 1.807) is 6.07 Å². The van der Waals surface area contributed by atoms with Gasteiger partial charge in [0.15, 0.2) is 0 Å². The van der Waals surface area contributed by atoms with E-state index in [0.717, 1.165) is 17.4 Å². The monoisotopic (exact) mass is 224 g/mol. The van der Waals surface area contributed by atoms with Gasteiger partial charge in [0.1, 0.15) is 20.5 Å². The highest BCUT2D eigenvalue weighted by atomic mass is 19.1. The predicted molar refractivity (Wildman–Crippen MR) is 65.2 cm³/mol. The van der Waals surface area contributed by atoms with Gasteiger partial charge in [0.25, 0.3) is 0 Å². The van der Waals surface area contributed by atoms with Crippen LogP contribution in [0.4, 0.5) is 4.39 Å². The quantitative estimate of drug-likeness (QED) is 0.414. The van der Waals surface area contributed by atoms with Crippen LogP contribution in [0.1, 0.15) is 31.9 Å². The van der Waals surface area contributed by atoms with Gasteiger partial charge in [0.2, 0.25) is 0 Å². The summed E-state index contributed by atoms with van der Waals surface area (Å²) in [6.45, 7) is 4.81. The number of ether oxygens (including phenoxy) is 2. The molecule has 0 saturated heterocycles. The van der Waals surface area contributed by atoms with Gasteiger partial charge in [-0.15, -0.1) is 0 Å². The molecule has 4 heteroatoms. The Morgan fingerprint density at radius 3 is 2.75 bits per heavy atom. The third-order valence-corrected chi connectivity index (χ3v) is 2.52. The van der Waals surface area contributed by atoms with Crippen LogP contribution in [0.15, 0.2) is 18.2 Å². The molecule has 0 aromatic heterocycles. The number of benzene rings is 1. The second-order valence-corrected chi connectivity index (χ2v) is 3.68. The molecule has 0 spiro atoms. The summed E-state index contributed by atoms with van der Waals surface area (Å²) < 4.78 is 23.9. The molecule has 0 aliphatic carbocycles. The van der Waals surface area contributed by atoms with Crippen molar-refractivity contribution in [3.05, 3.63) is 29.6 Å². The zero-order valence-corrected chi connectivity index (χ0v) is 10.1. The Hall–Kier alpha value is -0.865. The van der Waals surface area contributed by atoms with E-state index in [-0.39, 0.29) is 18.7 Å². The average Bonchev–Trinajstić information content (AvgIpc) is 2.28. The first-order valence-corrected chi connectivity index (χ1v) is 5.64. The van der Waals surface area contributed by atoms with Crippen LogP contribution in [0.5, 0.6) is 0 Å². The first-order valence-electron chi connectivity index (χ1n) is 5.64. The molecular weight excluding hydrogens is 206 g/mol. The standard InChI is InChI=1S/C12H18BFO2/c1-3-12(16-8-15-4-2)10-7-9(14)5-6-11(10)13/h5-7,12H,3-4,8,13H2,1-2H3/t12-/m1/s1. The van der Waals surface area contributed by atoms with Crippen LogP contribution in [0, 0.1) is 5.82 Å². The maximum Gasteiger partial charge on any atom is 0.147 e. The summed E-state index contributed by atoms with van der Waals surface area (Å²) in [4.78, 5) is 0. The minimum atomic E-state index is -0.223. The molecule has 0 unspecified atom stereocenters. The molecule has 0 amide bonds. The molecule has 2 nitrogen and oxygen atoms in total. The maximum atomic E-state index is 13.1. The number of hydrogen-bond donors (Lipinski definition) is 0. The van der Waals surface area contributed by atoms with Crippen molar-refractivity contribution < 1.29 is 13.9 Å². The Bertz CT molecular complexity index is 331. The average molecular weight is 224 g/mol. The fraction of sp³-hybridized carbons (Fsp3) is 0.500. The van der Waals surface area contributed by atoms with E-state index in [2.05, 4.69) is 0 Å². The maximum absolute atomic E-state index is 13.1. The summed E-state index contributed by atoms with van der Waals surface area (Å²) in [6.07, 6.45) is 0.708. The van der Waals surface area contributed by atoms with E-state index in [1.165, 1.54) is 12.1 Å². The van der Waals surface area contributed by atoms with Gasteiger partial charge in [-0.25, -0.2) is 4.39 Å². The van der Waals surface area contributed by atoms with Crippen LogP contribution in [0.25, 0.3) is 0 Å². The van der Waals surface area contributed by atoms with Gasteiger partial charge in [-0.1, -0.05) is 18.5 Å². The summed E-state index contributed by atoms with van der Waals surface area (Å²) in [5.41, 5.74) is 1.95. The van der Waals surface area contributed by atoms with E-state index < -0.39 is 0 Å². The Morgan fingerprint density at radius 2 is 2.12 bits per heavy atom. The summed E-state index contributed by atoms with van der Waals surface area (Å²) in [5, 5.41) is 0. The van der Waals surface area contributed by atoms with Crippen LogP contribution in [-0.4, -0.2) is 21.2 Å². The minimum Gasteiger partial charge on any atom is -0.356 e. The lowest BCUT2D eigenvalue weighted by Crippen LogP contribution is -2.17. The Labute approximate surface area is 97.2 Å². The van der Waals surface area contributed by atoms with Gasteiger partial charge in [-0.05, 0) is 31.0 Å². The van der Waals surface area contributed by atoms with E-state index >= 15 is 0 Å². The number of rotatable bonds is 6. The third kappa shape index (κ3) is 3.61. The topological polar surface area (TPSA) is 18.5 Å². The zero-order chi connectivity index (χ0) is 12.0. The number of hydrogen-bond acceptors (Lipinski definition) is 2.